The van der Waals surface area contributed by atoms with Crippen LogP contribution in [0.25, 0.3) is 0 Å². The van der Waals surface area contributed by atoms with Crippen molar-refractivity contribution < 1.29 is 110 Å². The summed E-state index contributed by atoms with van der Waals surface area (Å²) in [5.41, 5.74) is -3.33. The zero-order chi connectivity index (χ0) is 59.0. The molecule has 0 spiro atoms. The van der Waals surface area contributed by atoms with Crippen LogP contribution >= 0.6 is 0 Å². The molecule has 78 heavy (non-hydrogen) atoms. The standard InChI is InChI=1S/C49H81N5O23S/c1-23-14-16-24(17-15-23)78(67,68)69-22-29-31(56)30(54-45(66)77-49(11,12)13)33(58)40(71-29)72-37-25(52-39(62)27(55)18-19-50-42(63)74-46(2,3)4)20-26(53-44(65)76-48(8,9)10)38(36(37)61)73-41-35(60)34(59)32(57)28(70-41)21-51-43(64)75-47(5,6)7/h14-17,25-38,40-41,55-61H,18-22H2,1-13H3,(H,50,63)(H,51,64)(H,52,62)(H,53,65)(H,54,66)/t25-,26?,27+,28?,29?,30?,31-,32-,33+,34+,35?,36?,37-,38-,40-,41-/m1/s1. The van der Waals surface area contributed by atoms with Crippen LogP contribution in [0.2, 0.25) is 0 Å². The van der Waals surface area contributed by atoms with Gasteiger partial charge >= 0.3 is 24.4 Å². The third kappa shape index (κ3) is 20.1. The smallest absolute Gasteiger partial charge is 0.408 e. The Morgan fingerprint density at radius 1 is 0.590 bits per heavy atom. The maximum Gasteiger partial charge on any atom is 0.408 e. The molecule has 2 saturated heterocycles. The van der Waals surface area contributed by atoms with Crippen molar-refractivity contribution in [3.8, 4) is 0 Å². The normalized spacial score (nSPS) is 30.4. The number of aliphatic hydroxyl groups excluding tert-OH is 7. The number of rotatable bonds is 17. The molecule has 1 saturated carbocycles. The largest absolute Gasteiger partial charge is 0.444 e. The number of alkyl carbamates (subject to hydrolysis) is 4. The summed E-state index contributed by atoms with van der Waals surface area (Å²) in [5, 5.41) is 92.6. The highest BCUT2D eigenvalue weighted by Gasteiger charge is 2.55. The van der Waals surface area contributed by atoms with Crippen LogP contribution < -0.4 is 26.6 Å². The maximum absolute atomic E-state index is 13.9. The van der Waals surface area contributed by atoms with E-state index in [4.69, 9.17) is 42.1 Å². The molecular weight excluding hydrogens is 1060 g/mol. The third-order valence-electron chi connectivity index (χ3n) is 11.6. The predicted molar refractivity (Wildman–Crippen MR) is 269 cm³/mol. The Morgan fingerprint density at radius 2 is 1.05 bits per heavy atom. The van der Waals surface area contributed by atoms with E-state index in [0.717, 1.165) is 5.56 Å². The molecule has 16 atom stereocenters. The van der Waals surface area contributed by atoms with Crippen LogP contribution in [0.1, 0.15) is 101 Å². The number of nitrogens with one attached hydrogen (secondary N) is 5. The summed E-state index contributed by atoms with van der Waals surface area (Å²) in [5.74, 6) is -1.14. The minimum atomic E-state index is -4.56. The molecule has 446 valence electrons. The first-order chi connectivity index (χ1) is 35.7. The van der Waals surface area contributed by atoms with Crippen molar-refractivity contribution in [1.29, 1.82) is 0 Å². The van der Waals surface area contributed by atoms with E-state index in [1.165, 1.54) is 45.0 Å². The highest BCUT2D eigenvalue weighted by Crippen LogP contribution is 2.34. The van der Waals surface area contributed by atoms with Crippen molar-refractivity contribution in [2.75, 3.05) is 19.7 Å². The quantitative estimate of drug-likeness (QED) is 0.0695. The van der Waals surface area contributed by atoms with Crippen LogP contribution in [0.4, 0.5) is 19.2 Å². The van der Waals surface area contributed by atoms with Crippen molar-refractivity contribution in [2.24, 2.45) is 0 Å². The minimum absolute atomic E-state index is 0.276. The van der Waals surface area contributed by atoms with Crippen LogP contribution in [0.5, 0.6) is 0 Å². The number of aliphatic hydroxyl groups is 7. The van der Waals surface area contributed by atoms with Gasteiger partial charge in [-0.25, -0.2) is 19.2 Å². The molecule has 6 unspecified atom stereocenters. The Morgan fingerprint density at radius 3 is 1.58 bits per heavy atom. The van der Waals surface area contributed by atoms with Crippen molar-refractivity contribution in [3.05, 3.63) is 29.8 Å². The highest BCUT2D eigenvalue weighted by atomic mass is 32.2. The first kappa shape index (κ1) is 65.8. The Labute approximate surface area is 453 Å². The number of ether oxygens (including phenoxy) is 8. The zero-order valence-corrected chi connectivity index (χ0v) is 47.0. The summed E-state index contributed by atoms with van der Waals surface area (Å²) in [6.45, 7) is 18.8. The van der Waals surface area contributed by atoms with Crippen molar-refractivity contribution in [2.45, 2.75) is 228 Å². The first-order valence-corrected chi connectivity index (χ1v) is 26.7. The molecule has 0 bridgehead atoms. The Bertz CT molecular complexity index is 2290. The lowest BCUT2D eigenvalue weighted by Crippen LogP contribution is -2.71. The lowest BCUT2D eigenvalue weighted by atomic mass is 9.83. The molecule has 0 radical (unpaired) electrons. The predicted octanol–water partition coefficient (Wildman–Crippen LogP) is -0.439. The van der Waals surface area contributed by atoms with E-state index in [0.29, 0.717) is 0 Å². The van der Waals surface area contributed by atoms with Crippen LogP contribution in [-0.2, 0) is 57.0 Å². The second kappa shape index (κ2) is 26.7. The third-order valence-corrected chi connectivity index (χ3v) is 12.9. The Kier molecular flexibility index (Phi) is 22.5. The SMILES string of the molecule is Cc1ccc(S(=O)(=O)OCC2O[C@H](O[C@H]3C(O)[C@H](O[C@H]4OC(CNC(=O)OC(C)(C)C)[C@@H](O)[C@H](O)C4O)C(NC(=O)OC(C)(C)C)C[C@H]3NC(=O)[C@@H](O)CCNC(=O)OC(C)(C)C)[C@@H](O)C(NC(=O)OC(C)(C)C)[C@@H]2O)cc1. The molecular formula is C49H81N5O23S. The molecule has 1 aromatic carbocycles. The average molecular weight is 1140 g/mol. The van der Waals surface area contributed by atoms with Gasteiger partial charge < -0.3 is 100 Å². The zero-order valence-electron chi connectivity index (χ0n) is 46.2. The number of hydrogen-bond acceptors (Lipinski definition) is 23. The number of carbonyl (C=O) groups excluding carboxylic acids is 5. The highest BCUT2D eigenvalue weighted by molar-refractivity contribution is 7.86. The van der Waals surface area contributed by atoms with Crippen LogP contribution in [0.3, 0.4) is 0 Å². The maximum atomic E-state index is 13.9. The topological polar surface area (TPSA) is 404 Å². The second-order valence-electron chi connectivity index (χ2n) is 23.2. The van der Waals surface area contributed by atoms with Gasteiger partial charge in [0.05, 0.1) is 29.6 Å². The molecule has 2 heterocycles. The second-order valence-corrected chi connectivity index (χ2v) is 24.8. The van der Waals surface area contributed by atoms with E-state index in [1.54, 1.807) is 69.2 Å². The van der Waals surface area contributed by atoms with Crippen LogP contribution in [-0.4, -0.2) is 214 Å². The Hall–Kier alpha value is -4.76. The summed E-state index contributed by atoms with van der Waals surface area (Å²) >= 11 is 0. The van der Waals surface area contributed by atoms with Gasteiger partial charge in [0.2, 0.25) is 5.91 Å². The monoisotopic (exact) mass is 1140 g/mol. The fourth-order valence-corrected chi connectivity index (χ4v) is 8.99. The van der Waals surface area contributed by atoms with Gasteiger partial charge in [-0.1, -0.05) is 17.7 Å². The number of hydrogen-bond donors (Lipinski definition) is 12. The lowest BCUT2D eigenvalue weighted by molar-refractivity contribution is -0.334. The van der Waals surface area contributed by atoms with Gasteiger partial charge in [-0.15, -0.1) is 0 Å². The minimum Gasteiger partial charge on any atom is -0.444 e. The molecule has 29 heteroatoms. The van der Waals surface area contributed by atoms with Gasteiger partial charge in [0.1, 0.15) is 89.5 Å². The summed E-state index contributed by atoms with van der Waals surface area (Å²) in [6, 6.07) is 0.625. The number of carbonyl (C=O) groups is 5. The molecule has 4 rings (SSSR count). The summed E-state index contributed by atoms with van der Waals surface area (Å²) in [6.07, 6.45) is -30.5. The van der Waals surface area contributed by atoms with E-state index >= 15 is 0 Å². The first-order valence-electron chi connectivity index (χ1n) is 25.3. The fourth-order valence-electron chi connectivity index (χ4n) is 8.07. The molecule has 28 nitrogen and oxygen atoms in total. The number of aryl methyl sites for hydroxylation is 1. The Balaban J connectivity index is 1.78. The summed E-state index contributed by atoms with van der Waals surface area (Å²) in [4.78, 5) is 65.3. The van der Waals surface area contributed by atoms with Crippen LogP contribution in [0.15, 0.2) is 29.2 Å². The van der Waals surface area contributed by atoms with E-state index in [1.807, 2.05) is 0 Å². The van der Waals surface area contributed by atoms with Crippen molar-refractivity contribution >= 4 is 40.4 Å². The van der Waals surface area contributed by atoms with Gasteiger partial charge in [0, 0.05) is 13.1 Å². The van der Waals surface area contributed by atoms with Crippen LogP contribution in [0, 0.1) is 6.92 Å². The number of benzene rings is 1. The fraction of sp³-hybridized carbons (Fsp3) is 0.776. The van der Waals surface area contributed by atoms with E-state index in [9.17, 15) is 68.1 Å². The summed E-state index contributed by atoms with van der Waals surface area (Å²) < 4.78 is 77.6. The van der Waals surface area contributed by atoms with Crippen molar-refractivity contribution in [1.82, 2.24) is 26.6 Å². The van der Waals surface area contributed by atoms with Crippen molar-refractivity contribution in [3.63, 3.8) is 0 Å². The van der Waals surface area contributed by atoms with Gasteiger partial charge in [-0.05, 0) is 115 Å². The molecule has 2 aliphatic heterocycles. The molecule has 0 aromatic heterocycles. The van der Waals surface area contributed by atoms with Gasteiger partial charge in [-0.3, -0.25) is 8.98 Å². The lowest BCUT2D eigenvalue weighted by Gasteiger charge is -2.49. The summed E-state index contributed by atoms with van der Waals surface area (Å²) in [7, 11) is -4.56. The van der Waals surface area contributed by atoms with Gasteiger partial charge in [-0.2, -0.15) is 8.42 Å². The molecule has 5 amide bonds. The molecule has 12 N–H and O–H groups in total. The molecule has 1 aliphatic carbocycles. The van der Waals surface area contributed by atoms with Gasteiger partial charge in [0.25, 0.3) is 10.1 Å². The molecule has 3 aliphatic rings. The van der Waals surface area contributed by atoms with E-state index in [2.05, 4.69) is 26.6 Å². The average Bonchev–Trinajstić information content (AvgIpc) is 3.27. The van der Waals surface area contributed by atoms with Gasteiger partial charge in [0.15, 0.2) is 12.6 Å². The molecule has 1 aromatic rings. The molecule has 3 fully saturated rings. The van der Waals surface area contributed by atoms with E-state index in [-0.39, 0.29) is 11.4 Å². The van der Waals surface area contributed by atoms with E-state index < -0.39 is 187 Å². The number of amides is 5.